The number of para-hydroxylation sites is 1. The summed E-state index contributed by atoms with van der Waals surface area (Å²) in [6.07, 6.45) is 11.2. The van der Waals surface area contributed by atoms with Crippen LogP contribution in [0.2, 0.25) is 0 Å². The second kappa shape index (κ2) is 10.3. The summed E-state index contributed by atoms with van der Waals surface area (Å²) in [6, 6.07) is 35.1. The molecular formula is C37H30N2S. The van der Waals surface area contributed by atoms with Crippen molar-refractivity contribution < 1.29 is 0 Å². The minimum absolute atomic E-state index is 1.08. The third-order valence-corrected chi connectivity index (χ3v) is 8.80. The van der Waals surface area contributed by atoms with Crippen LogP contribution in [-0.2, 0) is 0 Å². The predicted octanol–water partition coefficient (Wildman–Crippen LogP) is 11.0. The van der Waals surface area contributed by atoms with Crippen molar-refractivity contribution in [3.05, 3.63) is 127 Å². The van der Waals surface area contributed by atoms with Crippen molar-refractivity contribution in [3.8, 4) is 16.8 Å². The Hall–Kier alpha value is -4.47. The largest absolute Gasteiger partial charge is 0.308 e. The molecule has 0 saturated heterocycles. The van der Waals surface area contributed by atoms with Gasteiger partial charge in [-0.3, -0.25) is 4.98 Å². The molecule has 3 heterocycles. The molecule has 0 N–H and O–H groups in total. The Balaban J connectivity index is 0.00000130. The van der Waals surface area contributed by atoms with Crippen molar-refractivity contribution in [2.24, 2.45) is 0 Å². The van der Waals surface area contributed by atoms with Crippen LogP contribution in [0.3, 0.4) is 0 Å². The summed E-state index contributed by atoms with van der Waals surface area (Å²) in [6.45, 7) is 4.00. The third-order valence-electron chi connectivity index (χ3n) is 7.63. The molecule has 0 spiro atoms. The molecule has 0 unspecified atom stereocenters. The smallest absolute Gasteiger partial charge is 0.0910 e. The fraction of sp³-hybridized carbons (Fsp3) is 0.108. The van der Waals surface area contributed by atoms with Crippen molar-refractivity contribution >= 4 is 59.0 Å². The van der Waals surface area contributed by atoms with Crippen LogP contribution in [-0.4, -0.2) is 9.55 Å². The molecule has 0 amide bonds. The molecule has 0 bridgehead atoms. The van der Waals surface area contributed by atoms with E-state index in [1.54, 1.807) is 0 Å². The van der Waals surface area contributed by atoms with E-state index in [4.69, 9.17) is 4.98 Å². The number of hydrogen-bond donors (Lipinski definition) is 0. The van der Waals surface area contributed by atoms with Crippen LogP contribution in [0.25, 0.3) is 64.5 Å². The zero-order chi connectivity index (χ0) is 27.1. The molecule has 3 aromatic heterocycles. The van der Waals surface area contributed by atoms with E-state index < -0.39 is 0 Å². The Morgan fingerprint density at radius 1 is 0.700 bits per heavy atom. The fourth-order valence-electron chi connectivity index (χ4n) is 5.87. The first kappa shape index (κ1) is 24.6. The van der Waals surface area contributed by atoms with E-state index in [9.17, 15) is 0 Å². The molecule has 0 aliphatic heterocycles. The highest BCUT2D eigenvalue weighted by Crippen LogP contribution is 2.42. The van der Waals surface area contributed by atoms with Crippen LogP contribution in [0.4, 0.5) is 0 Å². The maximum absolute atomic E-state index is 4.99. The lowest BCUT2D eigenvalue weighted by Gasteiger charge is -2.15. The lowest BCUT2D eigenvalue weighted by Crippen LogP contribution is -1.98. The Morgan fingerprint density at radius 3 is 2.27 bits per heavy atom. The van der Waals surface area contributed by atoms with Gasteiger partial charge in [-0.25, -0.2) is 0 Å². The van der Waals surface area contributed by atoms with Crippen molar-refractivity contribution in [3.63, 3.8) is 0 Å². The number of allylic oxidation sites excluding steroid dienone is 4. The van der Waals surface area contributed by atoms with E-state index in [1.807, 2.05) is 25.2 Å². The van der Waals surface area contributed by atoms with E-state index >= 15 is 0 Å². The van der Waals surface area contributed by atoms with Gasteiger partial charge in [0.05, 0.1) is 21.3 Å². The van der Waals surface area contributed by atoms with Crippen LogP contribution in [0.5, 0.6) is 0 Å². The number of hydrogen-bond acceptors (Lipinski definition) is 2. The molecule has 0 radical (unpaired) electrons. The van der Waals surface area contributed by atoms with E-state index in [1.165, 1.54) is 64.5 Å². The molecule has 0 fully saturated rings. The zero-order valence-corrected chi connectivity index (χ0v) is 23.6. The van der Waals surface area contributed by atoms with Crippen LogP contribution < -0.4 is 0 Å². The van der Waals surface area contributed by atoms with Gasteiger partial charge in [0.1, 0.15) is 0 Å². The summed E-state index contributed by atoms with van der Waals surface area (Å²) < 4.78 is 4.98. The second-order valence-corrected chi connectivity index (χ2v) is 11.0. The highest BCUT2D eigenvalue weighted by atomic mass is 32.1. The second-order valence-electron chi connectivity index (χ2n) is 9.92. The SMILES string of the molecule is C1=CC(c2cc(-c3ccccc3)cc(-n3c4ccccc4c4cnc5c6ccccc6sc5c43)c2)=CCC1.CC. The van der Waals surface area contributed by atoms with Crippen molar-refractivity contribution in [1.82, 2.24) is 9.55 Å². The van der Waals surface area contributed by atoms with Gasteiger partial charge in [0.2, 0.25) is 0 Å². The van der Waals surface area contributed by atoms with Crippen LogP contribution in [0.1, 0.15) is 32.3 Å². The van der Waals surface area contributed by atoms with Gasteiger partial charge in [-0.05, 0) is 65.4 Å². The van der Waals surface area contributed by atoms with E-state index in [2.05, 4.69) is 126 Å². The maximum Gasteiger partial charge on any atom is 0.0910 e. The van der Waals surface area contributed by atoms with Crippen molar-refractivity contribution in [2.75, 3.05) is 0 Å². The zero-order valence-electron chi connectivity index (χ0n) is 22.8. The first-order chi connectivity index (χ1) is 19.8. The van der Waals surface area contributed by atoms with Gasteiger partial charge in [-0.1, -0.05) is 98.8 Å². The number of aromatic nitrogens is 2. The number of nitrogens with zero attached hydrogens (tertiary/aromatic N) is 2. The summed E-state index contributed by atoms with van der Waals surface area (Å²) in [5.74, 6) is 0. The number of rotatable bonds is 3. The van der Waals surface area contributed by atoms with Crippen LogP contribution in [0.15, 0.2) is 121 Å². The highest BCUT2D eigenvalue weighted by Gasteiger charge is 2.19. The van der Waals surface area contributed by atoms with Crippen LogP contribution in [0, 0.1) is 0 Å². The van der Waals surface area contributed by atoms with Gasteiger partial charge in [-0.2, -0.15) is 0 Å². The first-order valence-corrected chi connectivity index (χ1v) is 14.9. The monoisotopic (exact) mass is 534 g/mol. The number of fused-ring (bicyclic) bond motifs is 7. The van der Waals surface area contributed by atoms with Gasteiger partial charge in [0, 0.05) is 32.7 Å². The Bertz CT molecular complexity index is 2070. The predicted molar refractivity (Wildman–Crippen MR) is 175 cm³/mol. The van der Waals surface area contributed by atoms with Crippen molar-refractivity contribution in [2.45, 2.75) is 26.7 Å². The number of pyridine rings is 1. The molecule has 0 atom stereocenters. The van der Waals surface area contributed by atoms with Gasteiger partial charge in [-0.15, -0.1) is 11.3 Å². The lowest BCUT2D eigenvalue weighted by atomic mass is 9.95. The highest BCUT2D eigenvalue weighted by molar-refractivity contribution is 7.26. The van der Waals surface area contributed by atoms with E-state index in [-0.39, 0.29) is 0 Å². The van der Waals surface area contributed by atoms with Crippen LogP contribution >= 0.6 is 11.3 Å². The number of benzene rings is 4. The average Bonchev–Trinajstić information content (AvgIpc) is 3.59. The third kappa shape index (κ3) is 3.97. The minimum atomic E-state index is 1.08. The average molecular weight is 535 g/mol. The topological polar surface area (TPSA) is 17.8 Å². The summed E-state index contributed by atoms with van der Waals surface area (Å²) in [5, 5.41) is 3.66. The summed E-state index contributed by atoms with van der Waals surface area (Å²) in [4.78, 5) is 4.99. The molecule has 0 saturated carbocycles. The molecule has 40 heavy (non-hydrogen) atoms. The van der Waals surface area contributed by atoms with Gasteiger partial charge in [0.15, 0.2) is 0 Å². The molecule has 7 aromatic rings. The Labute approximate surface area is 238 Å². The van der Waals surface area contributed by atoms with E-state index in [0.717, 1.165) is 18.4 Å². The molecule has 1 aliphatic rings. The Morgan fingerprint density at radius 2 is 1.45 bits per heavy atom. The van der Waals surface area contributed by atoms with Crippen molar-refractivity contribution in [1.29, 1.82) is 0 Å². The van der Waals surface area contributed by atoms with Gasteiger partial charge in [0.25, 0.3) is 0 Å². The van der Waals surface area contributed by atoms with Gasteiger partial charge < -0.3 is 4.57 Å². The molecular weight excluding hydrogens is 504 g/mol. The molecule has 194 valence electrons. The standard InChI is InChI=1S/C35H24N2S.C2H6/c1-3-11-23(12-4-1)25-19-26(24-13-5-2-6-14-24)21-27(20-25)37-31-17-9-7-15-28(31)30-22-36-33-29-16-8-10-18-32(29)38-35(33)34(30)37;1-2/h1,3-5,7-22H,2,6H2;1-2H3. The summed E-state index contributed by atoms with van der Waals surface area (Å²) >= 11 is 1.84. The lowest BCUT2D eigenvalue weighted by molar-refractivity contribution is 1.04. The maximum atomic E-state index is 4.99. The summed E-state index contributed by atoms with van der Waals surface area (Å²) in [5.41, 5.74) is 9.71. The molecule has 2 nitrogen and oxygen atoms in total. The molecule has 8 rings (SSSR count). The molecule has 1 aliphatic carbocycles. The summed E-state index contributed by atoms with van der Waals surface area (Å²) in [7, 11) is 0. The Kier molecular flexibility index (Phi) is 6.30. The normalized spacial score (nSPS) is 13.1. The quantitative estimate of drug-likeness (QED) is 0.220. The fourth-order valence-corrected chi connectivity index (χ4v) is 7.07. The van der Waals surface area contributed by atoms with E-state index in [0.29, 0.717) is 0 Å². The minimum Gasteiger partial charge on any atom is -0.308 e. The molecule has 4 aromatic carbocycles. The number of thiophene rings is 1. The van der Waals surface area contributed by atoms with Gasteiger partial charge >= 0.3 is 0 Å². The molecule has 3 heteroatoms. The first-order valence-electron chi connectivity index (χ1n) is 14.1.